The first-order valence-corrected chi connectivity index (χ1v) is 9.43. The predicted molar refractivity (Wildman–Crippen MR) is 74.4 cm³/mol. The third-order valence-corrected chi connectivity index (χ3v) is 8.52. The fourth-order valence-corrected chi connectivity index (χ4v) is 2.90. The molecule has 1 rings (SSSR count). The van der Waals surface area contributed by atoms with Gasteiger partial charge in [-0.05, 0) is 44.0 Å². The lowest BCUT2D eigenvalue weighted by Gasteiger charge is -2.38. The quantitative estimate of drug-likeness (QED) is 0.703. The van der Waals surface area contributed by atoms with Crippen molar-refractivity contribution < 1.29 is 9.22 Å². The monoisotopic (exact) mass is 254 g/mol. The Kier molecular flexibility index (Phi) is 4.23. The summed E-state index contributed by atoms with van der Waals surface area (Å²) >= 11 is 0. The summed E-state index contributed by atoms with van der Waals surface area (Å²) in [5.41, 5.74) is 0. The lowest BCUT2D eigenvalue weighted by Crippen LogP contribution is -2.40. The van der Waals surface area contributed by atoms with Gasteiger partial charge in [0.25, 0.3) is 0 Å². The van der Waals surface area contributed by atoms with Crippen LogP contribution in [0.2, 0.25) is 18.1 Å². The minimum Gasteiger partial charge on any atom is -0.547 e. The molecule has 0 fully saturated rings. The molecule has 2 nitrogen and oxygen atoms in total. The molecule has 0 saturated carbocycles. The van der Waals surface area contributed by atoms with Crippen molar-refractivity contribution in [1.29, 1.82) is 0 Å². The van der Waals surface area contributed by atoms with E-state index in [9.17, 15) is 4.79 Å². The van der Waals surface area contributed by atoms with Crippen molar-refractivity contribution in [3.8, 4) is 0 Å². The van der Waals surface area contributed by atoms with Crippen LogP contribution in [0, 0.1) is 5.92 Å². The van der Waals surface area contributed by atoms with Crippen LogP contribution >= 0.6 is 0 Å². The third kappa shape index (κ3) is 3.70. The largest absolute Gasteiger partial charge is 0.547 e. The molecule has 17 heavy (non-hydrogen) atoms. The van der Waals surface area contributed by atoms with E-state index in [2.05, 4.69) is 39.9 Å². The zero-order valence-electron chi connectivity index (χ0n) is 12.1. The first kappa shape index (κ1) is 14.5. The summed E-state index contributed by atoms with van der Waals surface area (Å²) in [4.78, 5) is 11.3. The second-order valence-corrected chi connectivity index (χ2v) is 11.3. The first-order chi connectivity index (χ1) is 7.63. The smallest absolute Gasteiger partial charge is 0.250 e. The van der Waals surface area contributed by atoms with Gasteiger partial charge in [0.1, 0.15) is 5.78 Å². The van der Waals surface area contributed by atoms with Crippen LogP contribution in [-0.2, 0) is 9.22 Å². The van der Waals surface area contributed by atoms with E-state index in [4.69, 9.17) is 4.43 Å². The van der Waals surface area contributed by atoms with Gasteiger partial charge in [0.15, 0.2) is 0 Å². The van der Waals surface area contributed by atoms with Crippen molar-refractivity contribution in [1.82, 2.24) is 0 Å². The van der Waals surface area contributed by atoms with E-state index < -0.39 is 8.32 Å². The zero-order chi connectivity index (χ0) is 13.3. The van der Waals surface area contributed by atoms with Gasteiger partial charge in [-0.1, -0.05) is 20.8 Å². The molecular weight excluding hydrogens is 228 g/mol. The van der Waals surface area contributed by atoms with Crippen LogP contribution in [0.4, 0.5) is 0 Å². The van der Waals surface area contributed by atoms with Crippen molar-refractivity contribution in [2.24, 2.45) is 5.92 Å². The van der Waals surface area contributed by atoms with E-state index in [-0.39, 0.29) is 11.0 Å². The lowest BCUT2D eigenvalue weighted by atomic mass is 9.90. The highest BCUT2D eigenvalue weighted by atomic mass is 28.4. The number of hydrogen-bond donors (Lipinski definition) is 0. The Morgan fingerprint density at radius 3 is 2.35 bits per heavy atom. The van der Waals surface area contributed by atoms with Crippen LogP contribution < -0.4 is 0 Å². The molecule has 1 unspecified atom stereocenters. The molecule has 0 bridgehead atoms. The highest BCUT2D eigenvalue weighted by Crippen LogP contribution is 2.39. The van der Waals surface area contributed by atoms with Gasteiger partial charge in [-0.25, -0.2) is 0 Å². The Bertz CT molecular complexity index is 324. The molecule has 3 heteroatoms. The van der Waals surface area contributed by atoms with Gasteiger partial charge < -0.3 is 4.43 Å². The molecule has 1 atom stereocenters. The van der Waals surface area contributed by atoms with Crippen LogP contribution in [0.15, 0.2) is 11.8 Å². The standard InChI is InChI=1S/C14H26O2Si/c1-11(15)12-7-9-13(10-8-12)16-17(5,6)14(2,3)4/h9,12H,7-8,10H2,1-6H3. The fraction of sp³-hybridized carbons (Fsp3) is 0.786. The molecule has 1 aliphatic rings. The fourth-order valence-electron chi connectivity index (χ4n) is 1.75. The molecule has 0 amide bonds. The Hall–Kier alpha value is -0.573. The lowest BCUT2D eigenvalue weighted by molar-refractivity contribution is -0.121. The van der Waals surface area contributed by atoms with E-state index >= 15 is 0 Å². The molecule has 0 aromatic carbocycles. The van der Waals surface area contributed by atoms with Gasteiger partial charge in [0.05, 0.1) is 5.76 Å². The van der Waals surface area contributed by atoms with Crippen molar-refractivity contribution in [2.75, 3.05) is 0 Å². The van der Waals surface area contributed by atoms with Crippen LogP contribution in [0.25, 0.3) is 0 Å². The minimum absolute atomic E-state index is 0.224. The van der Waals surface area contributed by atoms with Crippen LogP contribution in [0.5, 0.6) is 0 Å². The summed E-state index contributed by atoms with van der Waals surface area (Å²) in [5, 5.41) is 0.241. The van der Waals surface area contributed by atoms with E-state index in [0.717, 1.165) is 25.0 Å². The highest BCUT2D eigenvalue weighted by Gasteiger charge is 2.39. The summed E-state index contributed by atoms with van der Waals surface area (Å²) in [5.74, 6) is 1.66. The third-order valence-electron chi connectivity index (χ3n) is 4.14. The summed E-state index contributed by atoms with van der Waals surface area (Å²) in [6.07, 6.45) is 4.88. The summed E-state index contributed by atoms with van der Waals surface area (Å²) in [6, 6.07) is 0. The molecule has 0 aromatic rings. The average molecular weight is 254 g/mol. The molecule has 1 aliphatic carbocycles. The molecule has 0 aromatic heterocycles. The van der Waals surface area contributed by atoms with E-state index in [1.54, 1.807) is 6.92 Å². The van der Waals surface area contributed by atoms with Gasteiger partial charge in [0, 0.05) is 12.3 Å². The summed E-state index contributed by atoms with van der Waals surface area (Å²) in [6.45, 7) is 13.0. The number of hydrogen-bond acceptors (Lipinski definition) is 2. The Morgan fingerprint density at radius 1 is 1.41 bits per heavy atom. The SMILES string of the molecule is CC(=O)C1CC=C(O[Si](C)(C)C(C)(C)C)CC1. The highest BCUT2D eigenvalue weighted by molar-refractivity contribution is 6.74. The second kappa shape index (κ2) is 4.97. The summed E-state index contributed by atoms with van der Waals surface area (Å²) < 4.78 is 6.26. The number of Topliss-reactive ketones (excluding diaryl/α,β-unsaturated/α-hetero) is 1. The number of carbonyl (C=O) groups excluding carboxylic acids is 1. The van der Waals surface area contributed by atoms with E-state index in [1.807, 2.05) is 0 Å². The van der Waals surface area contributed by atoms with Crippen LogP contribution in [0.3, 0.4) is 0 Å². The topological polar surface area (TPSA) is 26.3 Å². The van der Waals surface area contributed by atoms with Crippen molar-refractivity contribution in [3.63, 3.8) is 0 Å². The first-order valence-electron chi connectivity index (χ1n) is 6.52. The van der Waals surface area contributed by atoms with Crippen LogP contribution in [0.1, 0.15) is 47.0 Å². The van der Waals surface area contributed by atoms with Gasteiger partial charge in [-0.3, -0.25) is 4.79 Å². The van der Waals surface area contributed by atoms with E-state index in [0.29, 0.717) is 5.78 Å². The number of ketones is 1. The Labute approximate surface area is 107 Å². The molecule has 0 aliphatic heterocycles. The zero-order valence-corrected chi connectivity index (χ0v) is 13.1. The van der Waals surface area contributed by atoms with Crippen molar-refractivity contribution in [2.45, 2.75) is 65.1 Å². The van der Waals surface area contributed by atoms with Crippen LogP contribution in [-0.4, -0.2) is 14.1 Å². The molecular formula is C14H26O2Si. The van der Waals surface area contributed by atoms with Gasteiger partial charge in [0.2, 0.25) is 8.32 Å². The molecule has 0 spiro atoms. The van der Waals surface area contributed by atoms with E-state index in [1.165, 1.54) is 0 Å². The molecule has 0 saturated heterocycles. The predicted octanol–water partition coefficient (Wildman–Crippen LogP) is 4.28. The maximum atomic E-state index is 11.3. The maximum Gasteiger partial charge on any atom is 0.250 e. The Balaban J connectivity index is 2.64. The molecule has 98 valence electrons. The maximum absolute atomic E-state index is 11.3. The minimum atomic E-state index is -1.69. The number of carbonyl (C=O) groups is 1. The van der Waals surface area contributed by atoms with Gasteiger partial charge >= 0.3 is 0 Å². The van der Waals surface area contributed by atoms with Crippen molar-refractivity contribution >= 4 is 14.1 Å². The molecule has 0 N–H and O–H groups in total. The average Bonchev–Trinajstić information content (AvgIpc) is 2.16. The molecule has 0 radical (unpaired) electrons. The number of allylic oxidation sites excluding steroid dienone is 2. The van der Waals surface area contributed by atoms with Gasteiger partial charge in [-0.15, -0.1) is 0 Å². The normalized spacial score (nSPS) is 22.0. The molecule has 0 heterocycles. The Morgan fingerprint density at radius 2 is 2.00 bits per heavy atom. The summed E-state index contributed by atoms with van der Waals surface area (Å²) in [7, 11) is -1.69. The second-order valence-electron chi connectivity index (χ2n) is 6.61. The number of rotatable bonds is 3. The van der Waals surface area contributed by atoms with Gasteiger partial charge in [-0.2, -0.15) is 0 Å². The van der Waals surface area contributed by atoms with Crippen molar-refractivity contribution in [3.05, 3.63) is 11.8 Å².